The predicted molar refractivity (Wildman–Crippen MR) is 176 cm³/mol. The van der Waals surface area contributed by atoms with Crippen molar-refractivity contribution in [1.82, 2.24) is 5.32 Å². The first-order valence-corrected chi connectivity index (χ1v) is 14.4. The van der Waals surface area contributed by atoms with Gasteiger partial charge in [-0.25, -0.2) is 9.59 Å². The number of carboxylic acids is 2. The summed E-state index contributed by atoms with van der Waals surface area (Å²) in [6.45, 7) is 0. The van der Waals surface area contributed by atoms with Crippen molar-refractivity contribution in [2.45, 2.75) is 6.04 Å². The first-order chi connectivity index (χ1) is 22.6. The number of aromatic carboxylic acids is 2. The Bertz CT molecular complexity index is 2400. The molecule has 1 aliphatic carbocycles. The zero-order valence-electron chi connectivity index (χ0n) is 24.3. The molecule has 0 aromatic heterocycles. The van der Waals surface area contributed by atoms with Crippen molar-refractivity contribution < 1.29 is 39.6 Å². The van der Waals surface area contributed by atoms with E-state index >= 15 is 0 Å². The summed E-state index contributed by atoms with van der Waals surface area (Å²) in [6.07, 6.45) is 3.53. The van der Waals surface area contributed by atoms with Crippen molar-refractivity contribution in [3.8, 4) is 11.5 Å². The van der Waals surface area contributed by atoms with Crippen LogP contribution in [-0.4, -0.2) is 44.2 Å². The molecule has 0 spiro atoms. The summed E-state index contributed by atoms with van der Waals surface area (Å²) in [5.41, 5.74) is 1.94. The Kier molecular flexibility index (Phi) is 6.82. The Morgan fingerprint density at radius 2 is 1.17 bits per heavy atom. The maximum atomic E-state index is 13.4. The first kappa shape index (κ1) is 29.1. The summed E-state index contributed by atoms with van der Waals surface area (Å²) in [5, 5.41) is 49.6. The Morgan fingerprint density at radius 3 is 1.77 bits per heavy atom. The van der Waals surface area contributed by atoms with E-state index in [4.69, 9.17) is 0 Å². The van der Waals surface area contributed by atoms with Gasteiger partial charge in [0.25, 0.3) is 11.8 Å². The molecule has 0 bridgehead atoms. The van der Waals surface area contributed by atoms with Gasteiger partial charge in [0, 0.05) is 11.3 Å². The normalized spacial score (nSPS) is 13.5. The van der Waals surface area contributed by atoms with E-state index in [1.165, 1.54) is 48.5 Å². The predicted octanol–water partition coefficient (Wildman–Crippen LogP) is 6.70. The maximum Gasteiger partial charge on any atom is 0.335 e. The highest BCUT2D eigenvalue weighted by Gasteiger charge is 2.24. The number of nitrogens with one attached hydrogen (secondary N) is 2. The fourth-order valence-corrected chi connectivity index (χ4v) is 6.01. The lowest BCUT2D eigenvalue weighted by molar-refractivity contribution is 0.0686. The molecular formula is C37H24N2O8. The highest BCUT2D eigenvalue weighted by atomic mass is 16.4. The van der Waals surface area contributed by atoms with Gasteiger partial charge in [-0.3, -0.25) is 9.59 Å². The molecule has 230 valence electrons. The monoisotopic (exact) mass is 624 g/mol. The van der Waals surface area contributed by atoms with E-state index in [-0.39, 0.29) is 33.8 Å². The minimum atomic E-state index is -1.11. The minimum Gasteiger partial charge on any atom is -0.507 e. The zero-order chi connectivity index (χ0) is 33.0. The molecule has 6 aromatic rings. The van der Waals surface area contributed by atoms with E-state index in [1.54, 1.807) is 30.4 Å². The maximum absolute atomic E-state index is 13.4. The van der Waals surface area contributed by atoms with E-state index in [1.807, 2.05) is 24.3 Å². The van der Waals surface area contributed by atoms with Crippen molar-refractivity contribution >= 4 is 67.8 Å². The fraction of sp³-hybridized carbons (Fsp3) is 0.0270. The van der Waals surface area contributed by atoms with Gasteiger partial charge in [0.1, 0.15) is 11.5 Å². The topological polar surface area (TPSA) is 173 Å². The van der Waals surface area contributed by atoms with Crippen LogP contribution in [0.3, 0.4) is 0 Å². The van der Waals surface area contributed by atoms with Crippen molar-refractivity contribution in [1.29, 1.82) is 0 Å². The number of anilines is 1. The number of carboxylic acid groups (broad SMARTS) is 2. The average Bonchev–Trinajstić information content (AvgIpc) is 3.05. The third-order valence-corrected chi connectivity index (χ3v) is 8.34. The fourth-order valence-electron chi connectivity index (χ4n) is 6.01. The lowest BCUT2D eigenvalue weighted by Gasteiger charge is -2.24. The minimum absolute atomic E-state index is 0.0157. The van der Waals surface area contributed by atoms with Gasteiger partial charge in [0.2, 0.25) is 0 Å². The second kappa shape index (κ2) is 11.0. The molecule has 6 aromatic carbocycles. The zero-order valence-corrected chi connectivity index (χ0v) is 24.3. The standard InChI is InChI=1S/C37H24N2O8/c40-31-16-19-4-6-21(36(44)45)12-23(19)14-27(31)34(42)38-29-10-8-18-2-1-3-25-30(11-9-26(29)33(18)25)39-35(43)28-15-24-13-22(37(46)47)7-5-20(24)17-32(28)41/h1-17,30,40-41H,(H,38,42)(H,39,43)(H,44,45)(H,46,47). The van der Waals surface area contributed by atoms with Crippen LogP contribution in [-0.2, 0) is 0 Å². The molecule has 0 saturated carbocycles. The van der Waals surface area contributed by atoms with Crippen LogP contribution in [0.1, 0.15) is 58.6 Å². The number of rotatable bonds is 6. The Morgan fingerprint density at radius 1 is 0.596 bits per heavy atom. The smallest absolute Gasteiger partial charge is 0.335 e. The van der Waals surface area contributed by atoms with Crippen LogP contribution in [0.2, 0.25) is 0 Å². The molecule has 0 heterocycles. The number of aromatic hydroxyl groups is 2. The first-order valence-electron chi connectivity index (χ1n) is 14.4. The number of hydrogen-bond donors (Lipinski definition) is 6. The van der Waals surface area contributed by atoms with Crippen LogP contribution in [0.15, 0.2) is 97.1 Å². The molecule has 1 aliphatic rings. The van der Waals surface area contributed by atoms with Crippen LogP contribution in [0, 0.1) is 0 Å². The van der Waals surface area contributed by atoms with Crippen molar-refractivity contribution in [2.24, 2.45) is 0 Å². The summed E-state index contributed by atoms with van der Waals surface area (Å²) in [5.74, 6) is -3.90. The Balaban J connectivity index is 1.20. The van der Waals surface area contributed by atoms with E-state index in [9.17, 15) is 39.6 Å². The summed E-state index contributed by atoms with van der Waals surface area (Å²) < 4.78 is 0. The van der Waals surface area contributed by atoms with Gasteiger partial charge in [-0.1, -0.05) is 48.6 Å². The third-order valence-electron chi connectivity index (χ3n) is 8.34. The summed E-state index contributed by atoms with van der Waals surface area (Å²) in [7, 11) is 0. The van der Waals surface area contributed by atoms with Crippen LogP contribution in [0.4, 0.5) is 5.69 Å². The second-order valence-electron chi connectivity index (χ2n) is 11.2. The Labute approximate surface area is 265 Å². The molecule has 47 heavy (non-hydrogen) atoms. The molecule has 10 heteroatoms. The van der Waals surface area contributed by atoms with Crippen molar-refractivity contribution in [3.05, 3.63) is 130 Å². The average molecular weight is 625 g/mol. The summed E-state index contributed by atoms with van der Waals surface area (Å²) in [6, 6.07) is 23.1. The molecule has 0 fully saturated rings. The highest BCUT2D eigenvalue weighted by Crippen LogP contribution is 2.38. The van der Waals surface area contributed by atoms with Gasteiger partial charge in [-0.05, 0) is 92.5 Å². The number of hydrogen-bond acceptors (Lipinski definition) is 6. The second-order valence-corrected chi connectivity index (χ2v) is 11.2. The quantitative estimate of drug-likeness (QED) is 0.119. The molecule has 0 aliphatic heterocycles. The summed E-state index contributed by atoms with van der Waals surface area (Å²) >= 11 is 0. The lowest BCUT2D eigenvalue weighted by atomic mass is 9.88. The number of carbonyl (C=O) groups is 4. The molecule has 0 saturated heterocycles. The van der Waals surface area contributed by atoms with Gasteiger partial charge in [-0.2, -0.15) is 0 Å². The largest absolute Gasteiger partial charge is 0.507 e. The van der Waals surface area contributed by atoms with Crippen molar-refractivity contribution in [3.63, 3.8) is 0 Å². The van der Waals surface area contributed by atoms with E-state index in [2.05, 4.69) is 10.6 Å². The van der Waals surface area contributed by atoms with Gasteiger partial charge in [-0.15, -0.1) is 0 Å². The molecule has 7 rings (SSSR count). The van der Waals surface area contributed by atoms with Gasteiger partial charge < -0.3 is 31.1 Å². The summed E-state index contributed by atoms with van der Waals surface area (Å²) in [4.78, 5) is 49.8. The van der Waals surface area contributed by atoms with E-state index in [0.29, 0.717) is 32.8 Å². The molecule has 6 N–H and O–H groups in total. The number of carbonyl (C=O) groups excluding carboxylic acids is 2. The van der Waals surface area contributed by atoms with Crippen LogP contribution >= 0.6 is 0 Å². The van der Waals surface area contributed by atoms with Crippen LogP contribution in [0.5, 0.6) is 11.5 Å². The number of fused-ring (bicyclic) bond motifs is 2. The molecule has 0 radical (unpaired) electrons. The van der Waals surface area contributed by atoms with E-state index < -0.39 is 29.8 Å². The molecule has 10 nitrogen and oxygen atoms in total. The number of phenols is 2. The van der Waals surface area contributed by atoms with Crippen LogP contribution < -0.4 is 10.6 Å². The Hall–Kier alpha value is -6.68. The number of amides is 2. The van der Waals surface area contributed by atoms with Gasteiger partial charge >= 0.3 is 11.9 Å². The SMILES string of the molecule is O=C(O)c1ccc2cc(O)c(C(=O)Nc3ccc4cccc5c4c3C=CC5NC(=O)c3cc4cc(C(=O)O)ccc4cc3O)cc2c1. The highest BCUT2D eigenvalue weighted by molar-refractivity contribution is 6.12. The lowest BCUT2D eigenvalue weighted by Crippen LogP contribution is -2.28. The number of benzene rings is 6. The molecule has 1 atom stereocenters. The molecule has 1 unspecified atom stereocenters. The number of phenolic OH excluding ortho intramolecular Hbond substituents is 2. The third kappa shape index (κ3) is 5.13. The van der Waals surface area contributed by atoms with E-state index in [0.717, 1.165) is 16.3 Å². The molecule has 2 amide bonds. The van der Waals surface area contributed by atoms with Gasteiger partial charge in [0.05, 0.1) is 28.3 Å². The van der Waals surface area contributed by atoms with Gasteiger partial charge in [0.15, 0.2) is 0 Å². The van der Waals surface area contributed by atoms with Crippen LogP contribution in [0.25, 0.3) is 38.4 Å². The molecular weight excluding hydrogens is 600 g/mol. The van der Waals surface area contributed by atoms with Crippen molar-refractivity contribution in [2.75, 3.05) is 5.32 Å².